The summed E-state index contributed by atoms with van der Waals surface area (Å²) in [6.07, 6.45) is 0.680. The van der Waals surface area contributed by atoms with E-state index in [0.29, 0.717) is 11.3 Å². The zero-order valence-corrected chi connectivity index (χ0v) is 7.69. The molecule has 0 saturated heterocycles. The van der Waals surface area contributed by atoms with E-state index in [4.69, 9.17) is 0 Å². The first kappa shape index (κ1) is 7.80. The average Bonchev–Trinajstić information content (AvgIpc) is 2.29. The molecule has 0 bridgehead atoms. The van der Waals surface area contributed by atoms with E-state index in [2.05, 4.69) is 0 Å². The lowest BCUT2D eigenvalue weighted by Crippen LogP contribution is -2.00. The third kappa shape index (κ3) is 0.966. The fourth-order valence-electron chi connectivity index (χ4n) is 1.70. The Balaban J connectivity index is 2.81. The molecule has 12 heavy (non-hydrogen) atoms. The minimum Gasteiger partial charge on any atom is -0.224 e. The Bertz CT molecular complexity index is 418. The van der Waals surface area contributed by atoms with E-state index in [1.807, 2.05) is 25.1 Å². The molecule has 0 unspecified atom stereocenters. The van der Waals surface area contributed by atoms with Crippen LogP contribution in [0.25, 0.3) is 0 Å². The van der Waals surface area contributed by atoms with E-state index in [-0.39, 0.29) is 5.75 Å². The van der Waals surface area contributed by atoms with Gasteiger partial charge in [0.1, 0.15) is 0 Å². The Hall–Kier alpha value is -0.830. The fraction of sp³-hybridized carbons (Fsp3) is 0.333. The second-order valence-corrected chi connectivity index (χ2v) is 5.18. The Morgan fingerprint density at radius 2 is 2.08 bits per heavy atom. The van der Waals surface area contributed by atoms with Gasteiger partial charge in [0.2, 0.25) is 0 Å². The van der Waals surface area contributed by atoms with Gasteiger partial charge in [-0.05, 0) is 24.5 Å². The average molecular weight is 182 g/mol. The monoisotopic (exact) mass is 182 g/mol. The molecule has 0 saturated carbocycles. The zero-order valence-electron chi connectivity index (χ0n) is 6.87. The predicted molar refractivity (Wildman–Crippen MR) is 46.9 cm³/mol. The van der Waals surface area contributed by atoms with Gasteiger partial charge < -0.3 is 0 Å². The van der Waals surface area contributed by atoms with E-state index in [0.717, 1.165) is 11.1 Å². The Labute approximate surface area is 72.1 Å². The molecule has 1 aromatic carbocycles. The van der Waals surface area contributed by atoms with Crippen LogP contribution in [-0.4, -0.2) is 14.2 Å². The van der Waals surface area contributed by atoms with Gasteiger partial charge in [0, 0.05) is 0 Å². The summed E-state index contributed by atoms with van der Waals surface area (Å²) in [5.74, 6) is 0.285. The van der Waals surface area contributed by atoms with Crippen molar-refractivity contribution in [2.75, 3.05) is 5.75 Å². The molecule has 0 N–H and O–H groups in total. The normalized spacial score (nSPS) is 19.1. The molecular formula is C9H10O2S. The summed E-state index contributed by atoms with van der Waals surface area (Å²) in [5.41, 5.74) is 1.86. The summed E-state index contributed by atoms with van der Waals surface area (Å²) in [4.78, 5) is 0.574. The van der Waals surface area contributed by atoms with E-state index >= 15 is 0 Å². The molecule has 0 amide bonds. The quantitative estimate of drug-likeness (QED) is 0.606. The number of benzene rings is 1. The molecule has 2 rings (SSSR count). The van der Waals surface area contributed by atoms with Crippen molar-refractivity contribution >= 4 is 9.84 Å². The van der Waals surface area contributed by atoms with Crippen LogP contribution in [0.1, 0.15) is 11.1 Å². The maximum absolute atomic E-state index is 11.5. The first-order valence-corrected chi connectivity index (χ1v) is 5.58. The number of fused-ring (bicyclic) bond motifs is 1. The molecule has 1 heterocycles. The van der Waals surface area contributed by atoms with Crippen molar-refractivity contribution in [3.8, 4) is 0 Å². The van der Waals surface area contributed by atoms with Crippen LogP contribution < -0.4 is 0 Å². The first-order chi connectivity index (χ1) is 5.61. The van der Waals surface area contributed by atoms with Crippen LogP contribution in [0.15, 0.2) is 23.1 Å². The van der Waals surface area contributed by atoms with Crippen LogP contribution in [-0.2, 0) is 16.3 Å². The topological polar surface area (TPSA) is 34.1 Å². The highest BCUT2D eigenvalue weighted by Gasteiger charge is 2.27. The summed E-state index contributed by atoms with van der Waals surface area (Å²) in [5, 5.41) is 0. The maximum Gasteiger partial charge on any atom is 0.179 e. The van der Waals surface area contributed by atoms with E-state index in [1.165, 1.54) is 0 Å². The highest BCUT2D eigenvalue weighted by molar-refractivity contribution is 7.91. The fourth-order valence-corrected chi connectivity index (χ4v) is 3.52. The number of hydrogen-bond donors (Lipinski definition) is 0. The van der Waals surface area contributed by atoms with E-state index in [1.54, 1.807) is 0 Å². The summed E-state index contributed by atoms with van der Waals surface area (Å²) in [6, 6.07) is 5.66. The van der Waals surface area contributed by atoms with Crippen LogP contribution >= 0.6 is 0 Å². The largest absolute Gasteiger partial charge is 0.224 e. The van der Waals surface area contributed by atoms with Crippen LogP contribution in [0.4, 0.5) is 0 Å². The molecular weight excluding hydrogens is 172 g/mol. The lowest BCUT2D eigenvalue weighted by molar-refractivity contribution is 0.599. The van der Waals surface area contributed by atoms with Gasteiger partial charge in [-0.25, -0.2) is 8.42 Å². The number of rotatable bonds is 0. The Morgan fingerprint density at radius 3 is 2.75 bits per heavy atom. The highest BCUT2D eigenvalue weighted by Crippen LogP contribution is 2.28. The Morgan fingerprint density at radius 1 is 1.33 bits per heavy atom. The van der Waals surface area contributed by atoms with E-state index < -0.39 is 9.84 Å². The van der Waals surface area contributed by atoms with Crippen molar-refractivity contribution in [3.05, 3.63) is 29.3 Å². The summed E-state index contributed by atoms with van der Waals surface area (Å²) in [6.45, 7) is 1.85. The van der Waals surface area contributed by atoms with Gasteiger partial charge in [0.05, 0.1) is 10.6 Å². The molecule has 0 radical (unpaired) electrons. The van der Waals surface area contributed by atoms with Crippen molar-refractivity contribution in [1.29, 1.82) is 0 Å². The molecule has 1 aliphatic rings. The van der Waals surface area contributed by atoms with Gasteiger partial charge in [0.15, 0.2) is 9.84 Å². The van der Waals surface area contributed by atoms with Crippen molar-refractivity contribution in [1.82, 2.24) is 0 Å². The van der Waals surface area contributed by atoms with Gasteiger partial charge in [0.25, 0.3) is 0 Å². The molecule has 1 aliphatic heterocycles. The summed E-state index contributed by atoms with van der Waals surface area (Å²) >= 11 is 0. The second-order valence-electron chi connectivity index (χ2n) is 3.13. The maximum atomic E-state index is 11.5. The molecule has 0 spiro atoms. The minimum absolute atomic E-state index is 0.285. The van der Waals surface area contributed by atoms with Crippen molar-refractivity contribution in [2.45, 2.75) is 18.2 Å². The van der Waals surface area contributed by atoms with Gasteiger partial charge in [-0.15, -0.1) is 0 Å². The van der Waals surface area contributed by atoms with Crippen LogP contribution in [0.2, 0.25) is 0 Å². The molecule has 64 valence electrons. The van der Waals surface area contributed by atoms with E-state index in [9.17, 15) is 8.42 Å². The molecule has 2 nitrogen and oxygen atoms in total. The van der Waals surface area contributed by atoms with Gasteiger partial charge >= 0.3 is 0 Å². The SMILES string of the molecule is Cc1cccc2c1S(=O)(=O)CC2. The third-order valence-electron chi connectivity index (χ3n) is 2.24. The zero-order chi connectivity index (χ0) is 8.77. The van der Waals surface area contributed by atoms with Crippen LogP contribution in [0.3, 0.4) is 0 Å². The molecule has 1 aromatic rings. The number of sulfone groups is 1. The molecule has 0 atom stereocenters. The lowest BCUT2D eigenvalue weighted by atomic mass is 10.1. The lowest BCUT2D eigenvalue weighted by Gasteiger charge is -2.00. The van der Waals surface area contributed by atoms with Crippen molar-refractivity contribution in [3.63, 3.8) is 0 Å². The number of hydrogen-bond acceptors (Lipinski definition) is 2. The first-order valence-electron chi connectivity index (χ1n) is 3.92. The van der Waals surface area contributed by atoms with Crippen LogP contribution in [0.5, 0.6) is 0 Å². The van der Waals surface area contributed by atoms with Gasteiger partial charge in [-0.3, -0.25) is 0 Å². The standard InChI is InChI=1S/C9H10O2S/c1-7-3-2-4-8-5-6-12(10,11)9(7)8/h2-4H,5-6H2,1H3. The summed E-state index contributed by atoms with van der Waals surface area (Å²) < 4.78 is 22.9. The molecule has 0 aromatic heterocycles. The number of aryl methyl sites for hydroxylation is 2. The van der Waals surface area contributed by atoms with Crippen molar-refractivity contribution in [2.24, 2.45) is 0 Å². The Kier molecular flexibility index (Phi) is 1.51. The smallest absolute Gasteiger partial charge is 0.179 e. The highest BCUT2D eigenvalue weighted by atomic mass is 32.2. The minimum atomic E-state index is -2.94. The summed E-state index contributed by atoms with van der Waals surface area (Å²) in [7, 11) is -2.94. The van der Waals surface area contributed by atoms with Gasteiger partial charge in [-0.2, -0.15) is 0 Å². The van der Waals surface area contributed by atoms with Crippen LogP contribution in [0, 0.1) is 6.92 Å². The molecule has 0 fully saturated rings. The third-order valence-corrected chi connectivity index (χ3v) is 4.19. The second kappa shape index (κ2) is 2.33. The van der Waals surface area contributed by atoms with Crippen molar-refractivity contribution < 1.29 is 8.42 Å². The molecule has 3 heteroatoms. The van der Waals surface area contributed by atoms with Gasteiger partial charge in [-0.1, -0.05) is 18.2 Å². The predicted octanol–water partition coefficient (Wildman–Crippen LogP) is 1.32. The molecule has 0 aliphatic carbocycles.